The minimum absolute atomic E-state index is 0.0535. The molecule has 1 aromatic heterocycles. The van der Waals surface area contributed by atoms with Crippen LogP contribution in [0.4, 0.5) is 16.6 Å². The number of nitrogens with one attached hydrogen (secondary N) is 1. The molecule has 3 aromatic rings. The van der Waals surface area contributed by atoms with E-state index in [0.29, 0.717) is 45.1 Å². The summed E-state index contributed by atoms with van der Waals surface area (Å²) >= 11 is 0. The monoisotopic (exact) mass is 668 g/mol. The number of benzene rings is 2. The fourth-order valence-corrected chi connectivity index (χ4v) is 6.26. The summed E-state index contributed by atoms with van der Waals surface area (Å²) in [7, 11) is 1.99. The number of ether oxygens (including phenoxy) is 1. The van der Waals surface area contributed by atoms with Crippen molar-refractivity contribution in [1.82, 2.24) is 19.8 Å². The van der Waals surface area contributed by atoms with E-state index < -0.39 is 5.60 Å². The lowest BCUT2D eigenvalue weighted by atomic mass is 9.94. The zero-order valence-electron chi connectivity index (χ0n) is 30.7. The Morgan fingerprint density at radius 1 is 1.00 bits per heavy atom. The zero-order chi connectivity index (χ0) is 35.4. The van der Waals surface area contributed by atoms with Crippen molar-refractivity contribution in [3.05, 3.63) is 77.9 Å². The number of carbonyl (C=O) groups is 2. The number of likely N-dealkylation sites (N-methyl/N-ethyl adjacent to an activating group) is 1. The van der Waals surface area contributed by atoms with Crippen molar-refractivity contribution >= 4 is 40.2 Å². The van der Waals surface area contributed by atoms with Crippen molar-refractivity contribution in [3.8, 4) is 0 Å². The average molecular weight is 669 g/mol. The quantitative estimate of drug-likeness (QED) is 0.220. The van der Waals surface area contributed by atoms with Crippen LogP contribution in [0.25, 0.3) is 16.5 Å². The summed E-state index contributed by atoms with van der Waals surface area (Å²) in [6, 6.07) is 18.5. The van der Waals surface area contributed by atoms with E-state index in [1.165, 1.54) is 11.1 Å². The summed E-state index contributed by atoms with van der Waals surface area (Å²) in [5.74, 6) is 1.50. The minimum atomic E-state index is -0.548. The zero-order valence-corrected chi connectivity index (χ0v) is 30.7. The molecule has 0 spiro atoms. The van der Waals surface area contributed by atoms with Crippen molar-refractivity contribution in [3.63, 3.8) is 0 Å². The molecule has 1 aliphatic carbocycles. The summed E-state index contributed by atoms with van der Waals surface area (Å²) in [6.45, 7) is 14.7. The van der Waals surface area contributed by atoms with Crippen LogP contribution in [0, 0.1) is 0 Å². The molecule has 1 unspecified atom stereocenters. The van der Waals surface area contributed by atoms with E-state index in [1.54, 1.807) is 4.90 Å². The number of likely N-dealkylation sites (tertiary alicyclic amines) is 1. The third-order valence-electron chi connectivity index (χ3n) is 8.64. The first-order chi connectivity index (χ1) is 23.6. The number of anilines is 2. The van der Waals surface area contributed by atoms with E-state index in [9.17, 15) is 9.59 Å². The standard InChI is InChI=1S/C38H50N6O3.C2H6/c1-6-22-43(37(46)47-38(2,3)4)25-24-42(5)35-32-19-13-14-20-33(32)40-36(41-35)39-30-21-23-44(27-30)34(45)26-29-17-11-8-12-18-31(29)28-15-9-7-10-16-28;1-2/h7,9-11,13-17,19-20,30H,6,8,12,18,21-27H2,1-5H3,(H,39,40,41);1-2H3. The molecular weight excluding hydrogens is 612 g/mol. The number of rotatable bonds is 11. The van der Waals surface area contributed by atoms with Crippen LogP contribution in [0.3, 0.4) is 0 Å². The molecule has 0 saturated carbocycles. The molecule has 0 radical (unpaired) electrons. The lowest BCUT2D eigenvalue weighted by molar-refractivity contribution is -0.129. The molecule has 1 aliphatic heterocycles. The van der Waals surface area contributed by atoms with Crippen LogP contribution >= 0.6 is 0 Å². The molecule has 2 aliphatic rings. The Hall–Kier alpha value is -4.40. The Labute approximate surface area is 293 Å². The first-order valence-electron chi connectivity index (χ1n) is 18.1. The number of para-hydroxylation sites is 1. The second-order valence-corrected chi connectivity index (χ2v) is 13.6. The smallest absolute Gasteiger partial charge is 0.410 e. The molecule has 264 valence electrons. The van der Waals surface area contributed by atoms with E-state index in [2.05, 4.69) is 53.6 Å². The van der Waals surface area contributed by atoms with Gasteiger partial charge in [-0.15, -0.1) is 0 Å². The molecule has 1 atom stereocenters. The summed E-state index contributed by atoms with van der Waals surface area (Å²) in [5, 5.41) is 4.48. The van der Waals surface area contributed by atoms with Crippen LogP contribution < -0.4 is 10.2 Å². The molecule has 2 aromatic carbocycles. The number of carbonyl (C=O) groups excluding carboxylic acids is 2. The molecule has 2 amide bonds. The highest BCUT2D eigenvalue weighted by Crippen LogP contribution is 2.31. The number of fused-ring (bicyclic) bond motifs is 1. The average Bonchev–Trinajstić information content (AvgIpc) is 3.44. The predicted octanol–water partition coefficient (Wildman–Crippen LogP) is 8.34. The molecule has 2 heterocycles. The minimum Gasteiger partial charge on any atom is -0.444 e. The van der Waals surface area contributed by atoms with Gasteiger partial charge in [0, 0.05) is 51.2 Å². The van der Waals surface area contributed by atoms with Crippen molar-refractivity contribution in [2.75, 3.05) is 50.0 Å². The first-order valence-corrected chi connectivity index (χ1v) is 18.1. The van der Waals surface area contributed by atoms with Gasteiger partial charge in [0.2, 0.25) is 11.9 Å². The Balaban J connectivity index is 0.00000265. The first kappa shape index (κ1) is 37.4. The fourth-order valence-electron chi connectivity index (χ4n) is 6.26. The van der Waals surface area contributed by atoms with Gasteiger partial charge in [0.15, 0.2) is 0 Å². The van der Waals surface area contributed by atoms with E-state index >= 15 is 0 Å². The molecular formula is C40H56N6O3. The fraction of sp³-hybridized carbons (Fsp3) is 0.500. The number of hydrogen-bond donors (Lipinski definition) is 1. The molecule has 1 fully saturated rings. The molecule has 9 nitrogen and oxygen atoms in total. The third kappa shape index (κ3) is 10.5. The maximum absolute atomic E-state index is 13.6. The lowest BCUT2D eigenvalue weighted by Gasteiger charge is -2.29. The van der Waals surface area contributed by atoms with Crippen molar-refractivity contribution in [2.24, 2.45) is 0 Å². The molecule has 0 bridgehead atoms. The van der Waals surface area contributed by atoms with Crippen LogP contribution in [0.2, 0.25) is 0 Å². The number of allylic oxidation sites excluding steroid dienone is 3. The summed E-state index contributed by atoms with van der Waals surface area (Å²) in [4.78, 5) is 42.0. The van der Waals surface area contributed by atoms with Crippen molar-refractivity contribution < 1.29 is 14.3 Å². The topological polar surface area (TPSA) is 90.9 Å². The molecule has 9 heteroatoms. The van der Waals surface area contributed by atoms with Gasteiger partial charge in [0.25, 0.3) is 0 Å². The molecule has 49 heavy (non-hydrogen) atoms. The Morgan fingerprint density at radius 3 is 2.47 bits per heavy atom. The largest absolute Gasteiger partial charge is 0.444 e. The number of hydrogen-bond acceptors (Lipinski definition) is 7. The summed E-state index contributed by atoms with van der Waals surface area (Å²) < 4.78 is 5.65. The van der Waals surface area contributed by atoms with Gasteiger partial charge in [-0.1, -0.05) is 75.4 Å². The summed E-state index contributed by atoms with van der Waals surface area (Å²) in [5.41, 5.74) is 3.92. The molecule has 5 rings (SSSR count). The highest BCUT2D eigenvalue weighted by atomic mass is 16.6. The van der Waals surface area contributed by atoms with Crippen molar-refractivity contribution in [1.29, 1.82) is 0 Å². The van der Waals surface area contributed by atoms with Crippen LogP contribution in [0.15, 0.2) is 72.3 Å². The van der Waals surface area contributed by atoms with Crippen LogP contribution in [0.5, 0.6) is 0 Å². The maximum atomic E-state index is 13.6. The summed E-state index contributed by atoms with van der Waals surface area (Å²) in [6.07, 6.45) is 9.26. The van der Waals surface area contributed by atoms with Gasteiger partial charge in [-0.25, -0.2) is 9.78 Å². The lowest BCUT2D eigenvalue weighted by Crippen LogP contribution is -2.41. The van der Waals surface area contributed by atoms with E-state index in [4.69, 9.17) is 14.7 Å². The van der Waals surface area contributed by atoms with Gasteiger partial charge in [0.05, 0.1) is 11.9 Å². The second-order valence-electron chi connectivity index (χ2n) is 13.6. The highest BCUT2D eigenvalue weighted by Gasteiger charge is 2.28. The van der Waals surface area contributed by atoms with E-state index in [0.717, 1.165) is 54.4 Å². The van der Waals surface area contributed by atoms with Crippen LogP contribution in [0.1, 0.15) is 85.6 Å². The molecule has 1 N–H and O–H groups in total. The third-order valence-corrected chi connectivity index (χ3v) is 8.64. The second kappa shape index (κ2) is 17.8. The van der Waals surface area contributed by atoms with Gasteiger partial charge in [-0.05, 0) is 81.7 Å². The maximum Gasteiger partial charge on any atom is 0.410 e. The predicted molar refractivity (Wildman–Crippen MR) is 202 cm³/mol. The van der Waals surface area contributed by atoms with Crippen molar-refractivity contribution in [2.45, 2.75) is 91.7 Å². The van der Waals surface area contributed by atoms with Gasteiger partial charge in [-0.2, -0.15) is 4.98 Å². The van der Waals surface area contributed by atoms with Gasteiger partial charge < -0.3 is 24.8 Å². The van der Waals surface area contributed by atoms with Gasteiger partial charge in [0.1, 0.15) is 11.4 Å². The van der Waals surface area contributed by atoms with E-state index in [1.807, 2.05) is 76.9 Å². The number of amides is 2. The Morgan fingerprint density at radius 2 is 1.73 bits per heavy atom. The van der Waals surface area contributed by atoms with E-state index in [-0.39, 0.29) is 18.0 Å². The SMILES string of the molecule is CC.CCCN(CCN(C)c1nc(NC2CCN(C(=O)CC3=C(c4ccccc4)CCCC=C3)C2)nc2ccccc12)C(=O)OC(C)(C)C. The molecule has 1 saturated heterocycles. The van der Waals surface area contributed by atoms with Gasteiger partial charge in [-0.3, -0.25) is 4.79 Å². The van der Waals surface area contributed by atoms with Crippen LogP contribution in [-0.2, 0) is 9.53 Å². The van der Waals surface area contributed by atoms with Gasteiger partial charge >= 0.3 is 6.09 Å². The Bertz CT molecular complexity index is 1600. The normalized spacial score (nSPS) is 16.1. The highest BCUT2D eigenvalue weighted by molar-refractivity contribution is 5.90. The number of nitrogens with zero attached hydrogens (tertiary/aromatic N) is 5. The number of aromatic nitrogens is 2. The Kier molecular flexibility index (Phi) is 13.6. The van der Waals surface area contributed by atoms with Crippen LogP contribution in [-0.4, -0.2) is 83.2 Å².